The number of halogens is 2. The van der Waals surface area contributed by atoms with Gasteiger partial charge in [-0.2, -0.15) is 5.10 Å². The predicted molar refractivity (Wildman–Crippen MR) is 102 cm³/mol. The van der Waals surface area contributed by atoms with Crippen LogP contribution in [-0.4, -0.2) is 39.2 Å². The van der Waals surface area contributed by atoms with E-state index in [1.54, 1.807) is 36.0 Å². The molecule has 0 spiro atoms. The van der Waals surface area contributed by atoms with Crippen molar-refractivity contribution in [2.75, 3.05) is 17.2 Å². The summed E-state index contributed by atoms with van der Waals surface area (Å²) in [6.07, 6.45) is 1.35. The molecule has 0 saturated carbocycles. The normalized spacial score (nSPS) is 16.6. The minimum Gasteiger partial charge on any atom is -0.324 e. The highest BCUT2D eigenvalue weighted by Crippen LogP contribution is 2.25. The minimum absolute atomic E-state index is 0.267. The fourth-order valence-corrected chi connectivity index (χ4v) is 3.57. The molecule has 0 radical (unpaired) electrons. The Labute approximate surface area is 161 Å². The van der Waals surface area contributed by atoms with Crippen LogP contribution >= 0.6 is 23.2 Å². The molecule has 1 unspecified atom stereocenters. The van der Waals surface area contributed by atoms with E-state index in [-0.39, 0.29) is 11.9 Å². The third kappa shape index (κ3) is 4.11. The minimum atomic E-state index is -0.554. The molecule has 1 aliphatic rings. The Hall–Kier alpha value is -2.25. The number of nitrogens with one attached hydrogen (secondary N) is 2. The van der Waals surface area contributed by atoms with Crippen LogP contribution in [0.4, 0.5) is 16.3 Å². The summed E-state index contributed by atoms with van der Waals surface area (Å²) in [5, 5.41) is 10.6. The van der Waals surface area contributed by atoms with Crippen LogP contribution in [0.1, 0.15) is 18.5 Å². The molecule has 3 rings (SSSR count). The van der Waals surface area contributed by atoms with Crippen molar-refractivity contribution in [1.82, 2.24) is 14.7 Å². The molecule has 7 nitrogen and oxygen atoms in total. The fraction of sp³-hybridized carbons (Fsp3) is 0.353. The topological polar surface area (TPSA) is 79.3 Å². The van der Waals surface area contributed by atoms with Crippen molar-refractivity contribution >= 4 is 46.6 Å². The van der Waals surface area contributed by atoms with E-state index in [1.165, 1.54) is 4.90 Å². The van der Waals surface area contributed by atoms with Gasteiger partial charge >= 0.3 is 6.03 Å². The SMILES string of the molecule is Cc1cc(NC(=O)N2CCCC2C(=O)Nc2cc(Cl)cc(Cl)c2)n(C)n1. The van der Waals surface area contributed by atoms with E-state index in [4.69, 9.17) is 23.2 Å². The molecule has 138 valence electrons. The quantitative estimate of drug-likeness (QED) is 0.831. The first-order valence-corrected chi connectivity index (χ1v) is 8.94. The Bertz CT molecular complexity index is 831. The number of amides is 3. The van der Waals surface area contributed by atoms with Crippen molar-refractivity contribution in [3.63, 3.8) is 0 Å². The summed E-state index contributed by atoms with van der Waals surface area (Å²) >= 11 is 11.9. The zero-order valence-electron chi connectivity index (χ0n) is 14.4. The first kappa shape index (κ1) is 18.5. The zero-order valence-corrected chi connectivity index (χ0v) is 15.9. The number of likely N-dealkylation sites (tertiary alicyclic amines) is 1. The second kappa shape index (κ2) is 7.55. The lowest BCUT2D eigenvalue weighted by Crippen LogP contribution is -2.45. The van der Waals surface area contributed by atoms with Crippen LogP contribution in [0, 0.1) is 6.92 Å². The Morgan fingerprint density at radius 3 is 2.46 bits per heavy atom. The van der Waals surface area contributed by atoms with Crippen molar-refractivity contribution in [3.8, 4) is 0 Å². The molecule has 26 heavy (non-hydrogen) atoms. The van der Waals surface area contributed by atoms with Gasteiger partial charge in [0.15, 0.2) is 0 Å². The number of benzene rings is 1. The van der Waals surface area contributed by atoms with E-state index in [1.807, 2.05) is 6.92 Å². The molecular formula is C17H19Cl2N5O2. The van der Waals surface area contributed by atoms with Crippen molar-refractivity contribution in [2.24, 2.45) is 7.05 Å². The molecule has 3 amide bonds. The van der Waals surface area contributed by atoms with Gasteiger partial charge in [0.05, 0.1) is 5.69 Å². The first-order valence-electron chi connectivity index (χ1n) is 8.18. The van der Waals surface area contributed by atoms with Gasteiger partial charge in [-0.15, -0.1) is 0 Å². The van der Waals surface area contributed by atoms with E-state index >= 15 is 0 Å². The number of aryl methyl sites for hydroxylation is 2. The summed E-state index contributed by atoms with van der Waals surface area (Å²) in [4.78, 5) is 26.8. The van der Waals surface area contributed by atoms with Gasteiger partial charge in [0.25, 0.3) is 0 Å². The van der Waals surface area contributed by atoms with Gasteiger partial charge in [-0.1, -0.05) is 23.2 Å². The summed E-state index contributed by atoms with van der Waals surface area (Å²) in [6, 6.07) is 5.71. The number of aromatic nitrogens is 2. The molecule has 1 aromatic carbocycles. The molecule has 9 heteroatoms. The molecular weight excluding hydrogens is 377 g/mol. The van der Waals surface area contributed by atoms with Crippen molar-refractivity contribution in [2.45, 2.75) is 25.8 Å². The van der Waals surface area contributed by atoms with Gasteiger partial charge in [0.1, 0.15) is 11.9 Å². The smallest absolute Gasteiger partial charge is 0.323 e. The van der Waals surface area contributed by atoms with Crippen molar-refractivity contribution < 1.29 is 9.59 Å². The van der Waals surface area contributed by atoms with Crippen LogP contribution in [0.5, 0.6) is 0 Å². The van der Waals surface area contributed by atoms with E-state index in [0.717, 1.165) is 12.1 Å². The highest BCUT2D eigenvalue weighted by atomic mass is 35.5. The average Bonchev–Trinajstić information content (AvgIpc) is 3.13. The molecule has 1 saturated heterocycles. The number of hydrogen-bond donors (Lipinski definition) is 2. The Morgan fingerprint density at radius 2 is 1.85 bits per heavy atom. The molecule has 2 aromatic rings. The number of carbonyl (C=O) groups excluding carboxylic acids is 2. The summed E-state index contributed by atoms with van der Waals surface area (Å²) in [5.41, 5.74) is 1.30. The largest absolute Gasteiger partial charge is 0.324 e. The van der Waals surface area contributed by atoms with Crippen LogP contribution in [0.15, 0.2) is 24.3 Å². The van der Waals surface area contributed by atoms with Gasteiger partial charge in [-0.3, -0.25) is 14.8 Å². The molecule has 1 fully saturated rings. The molecule has 2 heterocycles. The maximum absolute atomic E-state index is 12.6. The molecule has 0 bridgehead atoms. The highest BCUT2D eigenvalue weighted by molar-refractivity contribution is 6.35. The number of carbonyl (C=O) groups is 2. The van der Waals surface area contributed by atoms with Crippen LogP contribution in [0.2, 0.25) is 10.0 Å². The number of anilines is 2. The monoisotopic (exact) mass is 395 g/mol. The third-order valence-electron chi connectivity index (χ3n) is 4.18. The maximum atomic E-state index is 12.6. The van der Waals surface area contributed by atoms with Crippen LogP contribution < -0.4 is 10.6 Å². The zero-order chi connectivity index (χ0) is 18.8. The number of nitrogens with zero attached hydrogens (tertiary/aromatic N) is 3. The van der Waals surface area contributed by atoms with Crippen LogP contribution in [-0.2, 0) is 11.8 Å². The van der Waals surface area contributed by atoms with Gasteiger partial charge in [0, 0.05) is 35.4 Å². The van der Waals surface area contributed by atoms with E-state index in [2.05, 4.69) is 15.7 Å². The maximum Gasteiger partial charge on any atom is 0.323 e. The Balaban J connectivity index is 1.69. The van der Waals surface area contributed by atoms with Crippen molar-refractivity contribution in [3.05, 3.63) is 40.0 Å². The van der Waals surface area contributed by atoms with Crippen LogP contribution in [0.3, 0.4) is 0 Å². The standard InChI is InChI=1S/C17H19Cl2N5O2/c1-10-6-15(23(2)22-10)21-17(26)24-5-3-4-14(24)16(25)20-13-8-11(18)7-12(19)9-13/h6-9,14H,3-5H2,1-2H3,(H,20,25)(H,21,26). The van der Waals surface area contributed by atoms with Gasteiger partial charge in [0.2, 0.25) is 5.91 Å². The highest BCUT2D eigenvalue weighted by Gasteiger charge is 2.34. The lowest BCUT2D eigenvalue weighted by Gasteiger charge is -2.24. The average molecular weight is 396 g/mol. The first-order chi connectivity index (χ1) is 12.3. The van der Waals surface area contributed by atoms with Gasteiger partial charge in [-0.05, 0) is 38.0 Å². The lowest BCUT2D eigenvalue weighted by molar-refractivity contribution is -0.119. The second-order valence-corrected chi connectivity index (χ2v) is 7.10. The summed E-state index contributed by atoms with van der Waals surface area (Å²) in [7, 11) is 1.75. The summed E-state index contributed by atoms with van der Waals surface area (Å²) < 4.78 is 1.59. The fourth-order valence-electron chi connectivity index (χ4n) is 3.04. The molecule has 2 N–H and O–H groups in total. The Kier molecular flexibility index (Phi) is 5.38. The molecule has 1 aromatic heterocycles. The predicted octanol–water partition coefficient (Wildman–Crippen LogP) is 3.67. The number of hydrogen-bond acceptors (Lipinski definition) is 3. The Morgan fingerprint density at radius 1 is 1.15 bits per heavy atom. The van der Waals surface area contributed by atoms with E-state index in [0.29, 0.717) is 34.5 Å². The molecule has 1 aliphatic heterocycles. The second-order valence-electron chi connectivity index (χ2n) is 6.22. The van der Waals surface area contributed by atoms with Gasteiger partial charge < -0.3 is 10.2 Å². The number of urea groups is 1. The third-order valence-corrected chi connectivity index (χ3v) is 4.62. The summed E-state index contributed by atoms with van der Waals surface area (Å²) in [6.45, 7) is 2.36. The molecule has 0 aliphatic carbocycles. The molecule has 1 atom stereocenters. The van der Waals surface area contributed by atoms with Gasteiger partial charge in [-0.25, -0.2) is 4.79 Å². The lowest BCUT2D eigenvalue weighted by atomic mass is 10.2. The van der Waals surface area contributed by atoms with E-state index < -0.39 is 6.04 Å². The van der Waals surface area contributed by atoms with Crippen LogP contribution in [0.25, 0.3) is 0 Å². The number of rotatable bonds is 3. The van der Waals surface area contributed by atoms with E-state index in [9.17, 15) is 9.59 Å². The summed E-state index contributed by atoms with van der Waals surface area (Å²) in [5.74, 6) is 0.317. The van der Waals surface area contributed by atoms with Crippen molar-refractivity contribution in [1.29, 1.82) is 0 Å².